The summed E-state index contributed by atoms with van der Waals surface area (Å²) in [6.45, 7) is 2.14. The van der Waals surface area contributed by atoms with Crippen molar-refractivity contribution in [3.8, 4) is 11.8 Å². The lowest BCUT2D eigenvalue weighted by Crippen LogP contribution is -2.13. The molecule has 146 valence electrons. The molecule has 2 aromatic rings. The van der Waals surface area contributed by atoms with Crippen molar-refractivity contribution < 1.29 is 4.79 Å². The van der Waals surface area contributed by atoms with Crippen molar-refractivity contribution in [1.82, 2.24) is 10.2 Å². The first-order valence-corrected chi connectivity index (χ1v) is 9.40. The predicted octanol–water partition coefficient (Wildman–Crippen LogP) is 2.68. The Morgan fingerprint density at radius 1 is 1.39 bits per heavy atom. The van der Waals surface area contributed by atoms with E-state index in [0.29, 0.717) is 33.7 Å². The van der Waals surface area contributed by atoms with Crippen molar-refractivity contribution in [2.75, 3.05) is 18.1 Å². The standard InChI is InChI=1S/C20H23ClN6O/c1-3-10-4-6-14(22)17(10)12-9-13(21)11(8-15(12)23)5-7-16-18(19(24)28)20(25-2)27-26-16/h8-10H,3-4,6,22-23H2,1-2H3,(H2,24,28)(H2,25,26,27). The first-order valence-electron chi connectivity index (χ1n) is 9.03. The van der Waals surface area contributed by atoms with Crippen molar-refractivity contribution in [1.29, 1.82) is 0 Å². The molecule has 0 saturated carbocycles. The number of allylic oxidation sites excluding steroid dienone is 2. The third kappa shape index (κ3) is 3.51. The number of nitrogens with two attached hydrogens (primary N) is 3. The predicted molar refractivity (Wildman–Crippen MR) is 113 cm³/mol. The van der Waals surface area contributed by atoms with Crippen LogP contribution in [0.25, 0.3) is 5.57 Å². The molecule has 3 rings (SSSR count). The van der Waals surface area contributed by atoms with Crippen LogP contribution in [0.4, 0.5) is 11.5 Å². The number of anilines is 2. The number of halogens is 1. The van der Waals surface area contributed by atoms with Gasteiger partial charge in [0.2, 0.25) is 0 Å². The number of aromatic amines is 1. The zero-order valence-corrected chi connectivity index (χ0v) is 16.6. The summed E-state index contributed by atoms with van der Waals surface area (Å²) in [5, 5.41) is 9.94. The number of hydrogen-bond acceptors (Lipinski definition) is 5. The molecule has 0 radical (unpaired) electrons. The van der Waals surface area contributed by atoms with E-state index in [2.05, 4.69) is 34.3 Å². The molecule has 1 atom stereocenters. The Labute approximate surface area is 168 Å². The Bertz CT molecular complexity index is 1030. The zero-order chi connectivity index (χ0) is 20.4. The van der Waals surface area contributed by atoms with Crippen molar-refractivity contribution in [2.24, 2.45) is 17.4 Å². The Morgan fingerprint density at radius 2 is 2.14 bits per heavy atom. The van der Waals surface area contributed by atoms with E-state index in [1.54, 1.807) is 13.1 Å². The monoisotopic (exact) mass is 398 g/mol. The van der Waals surface area contributed by atoms with E-state index in [1.165, 1.54) is 0 Å². The van der Waals surface area contributed by atoms with Crippen LogP contribution in [0.3, 0.4) is 0 Å². The lowest BCUT2D eigenvalue weighted by molar-refractivity contribution is 0.100. The van der Waals surface area contributed by atoms with Crippen LogP contribution in [0.1, 0.15) is 53.4 Å². The summed E-state index contributed by atoms with van der Waals surface area (Å²) < 4.78 is 0. The molecule has 8 heteroatoms. The van der Waals surface area contributed by atoms with E-state index >= 15 is 0 Å². The SMILES string of the molecule is CCC1CCC(N)=C1c1cc(Cl)c(C#Cc2[nH]nc(NC)c2C(N)=O)cc1N. The minimum Gasteiger partial charge on any atom is -0.402 e. The fraction of sp³-hybridized carbons (Fsp3) is 0.300. The normalized spacial score (nSPS) is 16.0. The van der Waals surface area contributed by atoms with Crippen LogP contribution in [0.15, 0.2) is 17.8 Å². The average molecular weight is 399 g/mol. The summed E-state index contributed by atoms with van der Waals surface area (Å²) in [4.78, 5) is 11.7. The smallest absolute Gasteiger partial charge is 0.255 e. The maximum Gasteiger partial charge on any atom is 0.255 e. The summed E-state index contributed by atoms with van der Waals surface area (Å²) in [6.07, 6.45) is 2.90. The van der Waals surface area contributed by atoms with Crippen molar-refractivity contribution in [3.63, 3.8) is 0 Å². The summed E-state index contributed by atoms with van der Waals surface area (Å²) >= 11 is 6.47. The molecule has 1 amide bonds. The molecule has 0 saturated heterocycles. The maximum absolute atomic E-state index is 11.7. The minimum absolute atomic E-state index is 0.199. The van der Waals surface area contributed by atoms with E-state index in [4.69, 9.17) is 28.8 Å². The first kappa shape index (κ1) is 19.6. The van der Waals surface area contributed by atoms with Gasteiger partial charge >= 0.3 is 0 Å². The van der Waals surface area contributed by atoms with E-state index in [9.17, 15) is 4.79 Å². The molecule has 1 aliphatic carbocycles. The Kier molecular flexibility index (Phi) is 5.52. The molecule has 8 N–H and O–H groups in total. The molecule has 7 nitrogen and oxygen atoms in total. The Hall–Kier alpha value is -3.11. The van der Waals surface area contributed by atoms with Crippen molar-refractivity contribution in [2.45, 2.75) is 26.2 Å². The van der Waals surface area contributed by atoms with Crippen molar-refractivity contribution >= 4 is 34.6 Å². The number of nitrogens with zero attached hydrogens (tertiary/aromatic N) is 1. The molecule has 1 heterocycles. The highest BCUT2D eigenvalue weighted by Gasteiger charge is 2.26. The minimum atomic E-state index is -0.627. The van der Waals surface area contributed by atoms with Crippen LogP contribution in [0.2, 0.25) is 5.02 Å². The van der Waals surface area contributed by atoms with Crippen LogP contribution in [-0.4, -0.2) is 23.2 Å². The topological polar surface area (TPSA) is 136 Å². The fourth-order valence-corrected chi connectivity index (χ4v) is 3.79. The number of amides is 1. The number of H-pyrrole nitrogens is 1. The molecule has 0 aliphatic heterocycles. The number of carbonyl (C=O) groups is 1. The van der Waals surface area contributed by atoms with Crippen LogP contribution in [-0.2, 0) is 0 Å². The number of rotatable bonds is 4. The van der Waals surface area contributed by atoms with Crippen LogP contribution < -0.4 is 22.5 Å². The van der Waals surface area contributed by atoms with Gasteiger partial charge in [-0.25, -0.2) is 0 Å². The summed E-state index contributed by atoms with van der Waals surface area (Å²) in [5.41, 5.74) is 22.4. The van der Waals surface area contributed by atoms with Gasteiger partial charge in [-0.3, -0.25) is 9.89 Å². The first-order chi connectivity index (χ1) is 13.4. The summed E-state index contributed by atoms with van der Waals surface area (Å²) in [5.74, 6) is 5.91. The van der Waals surface area contributed by atoms with Crippen LogP contribution >= 0.6 is 11.6 Å². The van der Waals surface area contributed by atoms with Crippen LogP contribution in [0.5, 0.6) is 0 Å². The summed E-state index contributed by atoms with van der Waals surface area (Å²) in [7, 11) is 1.64. The van der Waals surface area contributed by atoms with Gasteiger partial charge in [-0.15, -0.1) is 0 Å². The van der Waals surface area contributed by atoms with Crippen LogP contribution in [0, 0.1) is 17.8 Å². The number of hydrogen-bond donors (Lipinski definition) is 5. The second kappa shape index (κ2) is 7.87. The highest BCUT2D eigenvalue weighted by molar-refractivity contribution is 6.32. The number of nitrogens with one attached hydrogen (secondary N) is 2. The lowest BCUT2D eigenvalue weighted by Gasteiger charge is -2.16. The largest absolute Gasteiger partial charge is 0.402 e. The second-order valence-corrected chi connectivity index (χ2v) is 7.10. The fourth-order valence-electron chi connectivity index (χ4n) is 3.57. The van der Waals surface area contributed by atoms with E-state index in [-0.39, 0.29) is 5.56 Å². The molecule has 0 fully saturated rings. The highest BCUT2D eigenvalue weighted by Crippen LogP contribution is 2.42. The van der Waals surface area contributed by atoms with Gasteiger partial charge in [-0.05, 0) is 48.8 Å². The molecular formula is C20H23ClN6O. The Morgan fingerprint density at radius 3 is 2.79 bits per heavy atom. The van der Waals surface area contributed by atoms with Crippen molar-refractivity contribution in [3.05, 3.63) is 45.2 Å². The molecule has 0 bridgehead atoms. The number of carbonyl (C=O) groups excluding carboxylic acids is 1. The van der Waals surface area contributed by atoms with Gasteiger partial charge in [0.05, 0.1) is 5.02 Å². The number of primary amides is 1. The zero-order valence-electron chi connectivity index (χ0n) is 15.8. The van der Waals surface area contributed by atoms with Gasteiger partial charge in [0.1, 0.15) is 11.3 Å². The van der Waals surface area contributed by atoms with Gasteiger partial charge < -0.3 is 22.5 Å². The molecule has 28 heavy (non-hydrogen) atoms. The molecule has 0 spiro atoms. The number of nitrogen functional groups attached to an aromatic ring is 1. The van der Waals surface area contributed by atoms with Gasteiger partial charge in [-0.1, -0.05) is 24.4 Å². The molecule has 1 aliphatic rings. The highest BCUT2D eigenvalue weighted by atomic mass is 35.5. The number of aromatic nitrogens is 2. The molecule has 1 unspecified atom stereocenters. The average Bonchev–Trinajstić information content (AvgIpc) is 3.25. The Balaban J connectivity index is 2.01. The van der Waals surface area contributed by atoms with E-state index in [0.717, 1.165) is 36.1 Å². The van der Waals surface area contributed by atoms with Gasteiger partial charge in [-0.2, -0.15) is 5.10 Å². The van der Waals surface area contributed by atoms with E-state index in [1.807, 2.05) is 6.07 Å². The molecule has 1 aromatic heterocycles. The van der Waals surface area contributed by atoms with Gasteiger partial charge in [0, 0.05) is 29.6 Å². The molecular weight excluding hydrogens is 376 g/mol. The third-order valence-corrected chi connectivity index (χ3v) is 5.32. The third-order valence-electron chi connectivity index (χ3n) is 5.01. The quantitative estimate of drug-likeness (QED) is 0.398. The van der Waals surface area contributed by atoms with E-state index < -0.39 is 5.91 Å². The molecule has 1 aromatic carbocycles. The lowest BCUT2D eigenvalue weighted by atomic mass is 9.91. The summed E-state index contributed by atoms with van der Waals surface area (Å²) in [6, 6.07) is 3.55. The second-order valence-electron chi connectivity index (χ2n) is 6.69. The maximum atomic E-state index is 11.7. The van der Waals surface area contributed by atoms with Gasteiger partial charge in [0.25, 0.3) is 5.91 Å². The number of benzene rings is 1. The van der Waals surface area contributed by atoms with Gasteiger partial charge in [0.15, 0.2) is 5.82 Å².